The normalized spacial score (nSPS) is 14.6. The fourth-order valence-corrected chi connectivity index (χ4v) is 2.73. The molecule has 0 bridgehead atoms. The van der Waals surface area contributed by atoms with Gasteiger partial charge >= 0.3 is 0 Å². The van der Waals surface area contributed by atoms with E-state index in [0.717, 1.165) is 5.56 Å². The second-order valence-corrected chi connectivity index (χ2v) is 7.60. The van der Waals surface area contributed by atoms with Crippen LogP contribution >= 0.6 is 0 Å². The van der Waals surface area contributed by atoms with Crippen molar-refractivity contribution in [2.75, 3.05) is 19.0 Å². The Hall–Kier alpha value is -1.56. The van der Waals surface area contributed by atoms with Crippen LogP contribution < -0.4 is 5.73 Å². The number of carbonyl (C=O) groups is 1. The maximum absolute atomic E-state index is 12.2. The molecule has 6 heteroatoms. The molecule has 0 aliphatic carbocycles. The lowest BCUT2D eigenvalue weighted by atomic mass is 10.1. The molecule has 0 heterocycles. The monoisotopic (exact) mass is 298 g/mol. The molecule has 2 unspecified atom stereocenters. The second kappa shape index (κ2) is 6.26. The summed E-state index contributed by atoms with van der Waals surface area (Å²) in [4.78, 5) is 13.7. The van der Waals surface area contributed by atoms with Crippen LogP contribution in [0.5, 0.6) is 0 Å². The SMILES string of the molecule is CC(C(C)S(C)(=O)=O)N(C)C(=O)Cc1ccc(N)cc1. The fourth-order valence-electron chi connectivity index (χ4n) is 1.83. The van der Waals surface area contributed by atoms with Gasteiger partial charge in [-0.15, -0.1) is 0 Å². The molecule has 20 heavy (non-hydrogen) atoms. The third-order valence-corrected chi connectivity index (χ3v) is 5.44. The van der Waals surface area contributed by atoms with Crippen LogP contribution in [0.1, 0.15) is 19.4 Å². The van der Waals surface area contributed by atoms with Gasteiger partial charge in [0.1, 0.15) is 0 Å². The van der Waals surface area contributed by atoms with Crippen molar-refractivity contribution in [3.63, 3.8) is 0 Å². The lowest BCUT2D eigenvalue weighted by molar-refractivity contribution is -0.130. The molecule has 0 spiro atoms. The fraction of sp³-hybridized carbons (Fsp3) is 0.500. The number of rotatable bonds is 5. The van der Waals surface area contributed by atoms with Crippen LogP contribution in [-0.2, 0) is 21.1 Å². The molecule has 1 aromatic carbocycles. The molecule has 112 valence electrons. The molecule has 2 atom stereocenters. The average Bonchev–Trinajstić information content (AvgIpc) is 2.37. The smallest absolute Gasteiger partial charge is 0.227 e. The maximum Gasteiger partial charge on any atom is 0.227 e. The molecule has 0 aliphatic rings. The van der Waals surface area contributed by atoms with Crippen molar-refractivity contribution in [3.05, 3.63) is 29.8 Å². The van der Waals surface area contributed by atoms with Crippen LogP contribution in [0.2, 0.25) is 0 Å². The van der Waals surface area contributed by atoms with Crippen molar-refractivity contribution in [2.45, 2.75) is 31.6 Å². The molecule has 1 aromatic rings. The summed E-state index contributed by atoms with van der Waals surface area (Å²) in [6, 6.07) is 6.71. The van der Waals surface area contributed by atoms with E-state index in [2.05, 4.69) is 0 Å². The summed E-state index contributed by atoms with van der Waals surface area (Å²) < 4.78 is 23.1. The molecule has 1 amide bonds. The number of hydrogen-bond acceptors (Lipinski definition) is 4. The zero-order valence-electron chi connectivity index (χ0n) is 12.3. The zero-order valence-corrected chi connectivity index (χ0v) is 13.1. The average molecular weight is 298 g/mol. The van der Waals surface area contributed by atoms with Crippen LogP contribution in [0.4, 0.5) is 5.69 Å². The number of sulfone groups is 1. The van der Waals surface area contributed by atoms with Crippen LogP contribution in [0.25, 0.3) is 0 Å². The summed E-state index contributed by atoms with van der Waals surface area (Å²) in [5.74, 6) is -0.113. The van der Waals surface area contributed by atoms with Gasteiger partial charge in [0.2, 0.25) is 5.91 Å². The van der Waals surface area contributed by atoms with E-state index in [1.165, 1.54) is 11.2 Å². The Bertz CT molecular complexity index is 567. The van der Waals surface area contributed by atoms with Gasteiger partial charge in [0.15, 0.2) is 9.84 Å². The lowest BCUT2D eigenvalue weighted by Crippen LogP contribution is -2.45. The van der Waals surface area contributed by atoms with E-state index >= 15 is 0 Å². The standard InChI is InChI=1S/C14H22N2O3S/c1-10(11(2)20(4,18)19)16(3)14(17)9-12-5-7-13(15)8-6-12/h5-8,10-11H,9,15H2,1-4H3. The zero-order chi connectivity index (χ0) is 15.5. The number of nitrogen functional groups attached to an aromatic ring is 1. The third kappa shape index (κ3) is 4.23. The highest BCUT2D eigenvalue weighted by molar-refractivity contribution is 7.91. The Morgan fingerprint density at radius 1 is 1.25 bits per heavy atom. The highest BCUT2D eigenvalue weighted by Crippen LogP contribution is 2.13. The van der Waals surface area contributed by atoms with Gasteiger partial charge in [0.05, 0.1) is 11.7 Å². The molecule has 1 rings (SSSR count). The van der Waals surface area contributed by atoms with E-state index in [1.807, 2.05) is 0 Å². The minimum absolute atomic E-state index is 0.113. The molecule has 0 radical (unpaired) electrons. The molecule has 0 aromatic heterocycles. The lowest BCUT2D eigenvalue weighted by Gasteiger charge is -2.29. The Morgan fingerprint density at radius 3 is 2.20 bits per heavy atom. The summed E-state index contributed by atoms with van der Waals surface area (Å²) in [7, 11) is -1.54. The number of benzene rings is 1. The Labute approximate surface area is 120 Å². The number of nitrogens with zero attached hydrogens (tertiary/aromatic N) is 1. The van der Waals surface area contributed by atoms with E-state index < -0.39 is 15.1 Å². The summed E-state index contributed by atoms with van der Waals surface area (Å²) in [5.41, 5.74) is 7.09. The summed E-state index contributed by atoms with van der Waals surface area (Å²) >= 11 is 0. The highest BCUT2D eigenvalue weighted by Gasteiger charge is 2.27. The number of anilines is 1. The first-order chi connectivity index (χ1) is 9.12. The van der Waals surface area contributed by atoms with E-state index in [0.29, 0.717) is 5.69 Å². The molecule has 2 N–H and O–H groups in total. The van der Waals surface area contributed by atoms with Crippen LogP contribution in [0.15, 0.2) is 24.3 Å². The summed E-state index contributed by atoms with van der Waals surface area (Å²) in [5, 5.41) is -0.595. The van der Waals surface area contributed by atoms with E-state index in [4.69, 9.17) is 5.73 Å². The largest absolute Gasteiger partial charge is 0.399 e. The van der Waals surface area contributed by atoms with Crippen LogP contribution in [-0.4, -0.2) is 43.8 Å². The summed E-state index contributed by atoms with van der Waals surface area (Å²) in [6.07, 6.45) is 1.42. The quantitative estimate of drug-likeness (QED) is 0.825. The number of hydrogen-bond donors (Lipinski definition) is 1. The molecule has 0 saturated heterocycles. The summed E-state index contributed by atoms with van der Waals surface area (Å²) in [6.45, 7) is 3.36. The van der Waals surface area contributed by atoms with E-state index in [1.54, 1.807) is 45.2 Å². The molecule has 5 nitrogen and oxygen atoms in total. The second-order valence-electron chi connectivity index (χ2n) is 5.20. The first kappa shape index (κ1) is 16.5. The molecule has 0 fully saturated rings. The first-order valence-corrected chi connectivity index (χ1v) is 8.37. The van der Waals surface area contributed by atoms with Crippen molar-refractivity contribution in [2.24, 2.45) is 0 Å². The van der Waals surface area contributed by atoms with Gasteiger partial charge in [0.25, 0.3) is 0 Å². The topological polar surface area (TPSA) is 80.5 Å². The van der Waals surface area contributed by atoms with Gasteiger partial charge in [-0.1, -0.05) is 12.1 Å². The van der Waals surface area contributed by atoms with Crippen LogP contribution in [0, 0.1) is 0 Å². The van der Waals surface area contributed by atoms with Gasteiger partial charge in [-0.3, -0.25) is 4.79 Å². The Morgan fingerprint density at radius 2 is 1.75 bits per heavy atom. The first-order valence-electron chi connectivity index (χ1n) is 6.42. The molecule has 0 saturated carbocycles. The molecular formula is C14H22N2O3S. The molecule has 0 aliphatic heterocycles. The predicted molar refractivity (Wildman–Crippen MR) is 81.1 cm³/mol. The number of amides is 1. The van der Waals surface area contributed by atoms with E-state index in [9.17, 15) is 13.2 Å². The number of likely N-dealkylation sites (N-methyl/N-ethyl adjacent to an activating group) is 1. The molecular weight excluding hydrogens is 276 g/mol. The van der Waals surface area contributed by atoms with Crippen molar-refractivity contribution in [3.8, 4) is 0 Å². The third-order valence-electron chi connectivity index (χ3n) is 3.69. The van der Waals surface area contributed by atoms with Crippen molar-refractivity contribution in [1.82, 2.24) is 4.90 Å². The minimum atomic E-state index is -3.17. The predicted octanol–water partition coefficient (Wildman–Crippen LogP) is 1.09. The van der Waals surface area contributed by atoms with Crippen molar-refractivity contribution in [1.29, 1.82) is 0 Å². The maximum atomic E-state index is 12.2. The van der Waals surface area contributed by atoms with Gasteiger partial charge in [-0.05, 0) is 31.5 Å². The van der Waals surface area contributed by atoms with Crippen molar-refractivity contribution < 1.29 is 13.2 Å². The minimum Gasteiger partial charge on any atom is -0.399 e. The van der Waals surface area contributed by atoms with Crippen LogP contribution in [0.3, 0.4) is 0 Å². The van der Waals surface area contributed by atoms with E-state index in [-0.39, 0.29) is 18.4 Å². The van der Waals surface area contributed by atoms with Gasteiger partial charge in [0, 0.05) is 25.0 Å². The van der Waals surface area contributed by atoms with Crippen molar-refractivity contribution >= 4 is 21.4 Å². The van der Waals surface area contributed by atoms with Gasteiger partial charge < -0.3 is 10.6 Å². The number of nitrogens with two attached hydrogens (primary N) is 1. The highest BCUT2D eigenvalue weighted by atomic mass is 32.2. The number of carbonyl (C=O) groups excluding carboxylic acids is 1. The van der Waals surface area contributed by atoms with Gasteiger partial charge in [-0.25, -0.2) is 8.42 Å². The Kier molecular flexibility index (Phi) is 5.16. The van der Waals surface area contributed by atoms with Gasteiger partial charge in [-0.2, -0.15) is 0 Å². The Balaban J connectivity index is 2.74.